The predicted octanol–water partition coefficient (Wildman–Crippen LogP) is 2.11. The van der Waals surface area contributed by atoms with Gasteiger partial charge in [0.1, 0.15) is 11.6 Å². The molecule has 168 valence electrons. The van der Waals surface area contributed by atoms with Gasteiger partial charge in [0.2, 0.25) is 5.91 Å². The SMILES string of the molecule is COc1ccc2c(c1)C(=O)N[C@@]1(CC2)CN(C(=O)c2ccccc2F)C[C@@H]1C(=O)N(C)C. The monoisotopic (exact) mass is 439 g/mol. The number of rotatable bonds is 3. The zero-order valence-electron chi connectivity index (χ0n) is 18.4. The van der Waals surface area contributed by atoms with E-state index < -0.39 is 23.2 Å². The lowest BCUT2D eigenvalue weighted by Gasteiger charge is -2.34. The molecular formula is C24H26FN3O4. The Bertz CT molecular complexity index is 1090. The van der Waals surface area contributed by atoms with E-state index in [0.717, 1.165) is 5.56 Å². The molecule has 1 N–H and O–H groups in total. The number of hydrogen-bond donors (Lipinski definition) is 1. The summed E-state index contributed by atoms with van der Waals surface area (Å²) in [5.74, 6) is -1.68. The van der Waals surface area contributed by atoms with Crippen molar-refractivity contribution in [1.82, 2.24) is 15.1 Å². The first-order chi connectivity index (χ1) is 15.3. The van der Waals surface area contributed by atoms with Crippen LogP contribution in [0.5, 0.6) is 5.75 Å². The number of fused-ring (bicyclic) bond motifs is 1. The van der Waals surface area contributed by atoms with Gasteiger partial charge in [-0.05, 0) is 42.7 Å². The van der Waals surface area contributed by atoms with E-state index in [1.54, 1.807) is 32.3 Å². The quantitative estimate of drug-likeness (QED) is 0.795. The zero-order valence-corrected chi connectivity index (χ0v) is 18.4. The summed E-state index contributed by atoms with van der Waals surface area (Å²) in [6, 6.07) is 11.1. The molecule has 1 saturated heterocycles. The first-order valence-corrected chi connectivity index (χ1v) is 10.5. The second kappa shape index (κ2) is 8.26. The number of methoxy groups -OCH3 is 1. The van der Waals surface area contributed by atoms with E-state index >= 15 is 0 Å². The third kappa shape index (κ3) is 3.70. The van der Waals surface area contributed by atoms with Crippen molar-refractivity contribution in [2.75, 3.05) is 34.3 Å². The van der Waals surface area contributed by atoms with Crippen molar-refractivity contribution >= 4 is 17.7 Å². The minimum atomic E-state index is -0.953. The highest BCUT2D eigenvalue weighted by Crippen LogP contribution is 2.37. The van der Waals surface area contributed by atoms with Gasteiger partial charge < -0.3 is 19.9 Å². The number of halogens is 1. The van der Waals surface area contributed by atoms with Gasteiger partial charge in [-0.15, -0.1) is 0 Å². The minimum absolute atomic E-state index is 0.0476. The standard InChI is InChI=1S/C24H26FN3O4/c1-27(2)23(31)19-13-28(22(30)17-6-4-5-7-20(17)25)14-24(19)11-10-15-8-9-16(32-3)12-18(15)21(29)26-24/h4-9,12,19H,10-11,13-14H2,1-3H3,(H,26,29)/t19-,24+/m1/s1. The summed E-state index contributed by atoms with van der Waals surface area (Å²) in [7, 11) is 4.83. The van der Waals surface area contributed by atoms with Crippen molar-refractivity contribution in [3.63, 3.8) is 0 Å². The Kier molecular flexibility index (Phi) is 5.62. The number of carbonyl (C=O) groups is 3. The normalized spacial score (nSPS) is 22.2. The highest BCUT2D eigenvalue weighted by Gasteiger charge is 2.53. The summed E-state index contributed by atoms with van der Waals surface area (Å²) in [5, 5.41) is 3.07. The maximum atomic E-state index is 14.3. The van der Waals surface area contributed by atoms with Crippen molar-refractivity contribution < 1.29 is 23.5 Å². The predicted molar refractivity (Wildman–Crippen MR) is 116 cm³/mol. The summed E-state index contributed by atoms with van der Waals surface area (Å²) < 4.78 is 19.5. The van der Waals surface area contributed by atoms with Crippen LogP contribution >= 0.6 is 0 Å². The molecule has 0 bridgehead atoms. The largest absolute Gasteiger partial charge is 0.497 e. The van der Waals surface area contributed by atoms with Gasteiger partial charge in [-0.3, -0.25) is 14.4 Å². The van der Waals surface area contributed by atoms with Crippen LogP contribution in [0.3, 0.4) is 0 Å². The number of benzene rings is 2. The van der Waals surface area contributed by atoms with E-state index in [0.29, 0.717) is 24.2 Å². The van der Waals surface area contributed by atoms with Crippen LogP contribution < -0.4 is 10.1 Å². The van der Waals surface area contributed by atoms with Gasteiger partial charge >= 0.3 is 0 Å². The molecule has 2 atom stereocenters. The van der Waals surface area contributed by atoms with Crippen molar-refractivity contribution in [3.8, 4) is 5.75 Å². The summed E-state index contributed by atoms with van der Waals surface area (Å²) in [5.41, 5.74) is 0.353. The second-order valence-corrected chi connectivity index (χ2v) is 8.58. The molecule has 2 aliphatic heterocycles. The molecule has 0 saturated carbocycles. The third-order valence-electron chi connectivity index (χ3n) is 6.44. The molecule has 2 aliphatic rings. The van der Waals surface area contributed by atoms with E-state index in [1.807, 2.05) is 6.07 Å². The van der Waals surface area contributed by atoms with E-state index in [2.05, 4.69) is 5.32 Å². The van der Waals surface area contributed by atoms with Gasteiger partial charge in [0.25, 0.3) is 11.8 Å². The molecule has 2 aromatic carbocycles. The number of aryl methyl sites for hydroxylation is 1. The zero-order chi connectivity index (χ0) is 23.0. The van der Waals surface area contributed by atoms with Crippen LogP contribution in [0.15, 0.2) is 42.5 Å². The Hall–Kier alpha value is -3.42. The Morgan fingerprint density at radius 2 is 1.97 bits per heavy atom. The number of likely N-dealkylation sites (tertiary alicyclic amines) is 1. The van der Waals surface area contributed by atoms with Crippen molar-refractivity contribution in [2.45, 2.75) is 18.4 Å². The number of nitrogens with one attached hydrogen (secondary N) is 1. The van der Waals surface area contributed by atoms with Crippen LogP contribution in [0.1, 0.15) is 32.7 Å². The van der Waals surface area contributed by atoms with Crippen LogP contribution in [0, 0.1) is 11.7 Å². The molecule has 8 heteroatoms. The van der Waals surface area contributed by atoms with Crippen LogP contribution in [0.2, 0.25) is 0 Å². The van der Waals surface area contributed by atoms with Gasteiger partial charge in [-0.25, -0.2) is 4.39 Å². The molecule has 1 fully saturated rings. The minimum Gasteiger partial charge on any atom is -0.497 e. The first kappa shape index (κ1) is 21.8. The molecule has 7 nitrogen and oxygen atoms in total. The second-order valence-electron chi connectivity index (χ2n) is 8.58. The van der Waals surface area contributed by atoms with Gasteiger partial charge in [-0.1, -0.05) is 18.2 Å². The van der Waals surface area contributed by atoms with E-state index in [1.165, 1.54) is 35.1 Å². The lowest BCUT2D eigenvalue weighted by atomic mass is 9.81. The van der Waals surface area contributed by atoms with Crippen LogP contribution in [0.4, 0.5) is 4.39 Å². The Morgan fingerprint density at radius 3 is 2.66 bits per heavy atom. The van der Waals surface area contributed by atoms with E-state index in [9.17, 15) is 18.8 Å². The fourth-order valence-corrected chi connectivity index (χ4v) is 4.70. The van der Waals surface area contributed by atoms with Crippen molar-refractivity contribution in [3.05, 3.63) is 65.0 Å². The molecule has 1 spiro atoms. The van der Waals surface area contributed by atoms with Gasteiger partial charge in [0.05, 0.1) is 24.1 Å². The number of nitrogens with zero attached hydrogens (tertiary/aromatic N) is 2. The lowest BCUT2D eigenvalue weighted by Crippen LogP contribution is -2.57. The molecule has 0 aliphatic carbocycles. The van der Waals surface area contributed by atoms with E-state index in [-0.39, 0.29) is 30.5 Å². The number of carbonyl (C=O) groups excluding carboxylic acids is 3. The molecular weight excluding hydrogens is 413 g/mol. The van der Waals surface area contributed by atoms with Crippen LogP contribution in [-0.2, 0) is 11.2 Å². The number of amides is 3. The molecule has 0 aromatic heterocycles. The average Bonchev–Trinajstić information content (AvgIpc) is 3.08. The summed E-state index contributed by atoms with van der Waals surface area (Å²) >= 11 is 0. The molecule has 2 aromatic rings. The maximum Gasteiger partial charge on any atom is 0.256 e. The number of ether oxygens (including phenoxy) is 1. The van der Waals surface area contributed by atoms with Crippen LogP contribution in [0.25, 0.3) is 0 Å². The molecule has 0 radical (unpaired) electrons. The smallest absolute Gasteiger partial charge is 0.256 e. The topological polar surface area (TPSA) is 79.0 Å². The Balaban J connectivity index is 1.70. The summed E-state index contributed by atoms with van der Waals surface area (Å²) in [4.78, 5) is 42.4. The molecule has 32 heavy (non-hydrogen) atoms. The first-order valence-electron chi connectivity index (χ1n) is 10.5. The highest BCUT2D eigenvalue weighted by molar-refractivity contribution is 5.99. The highest BCUT2D eigenvalue weighted by atomic mass is 19.1. The fraction of sp³-hybridized carbons (Fsp3) is 0.375. The summed E-state index contributed by atoms with van der Waals surface area (Å²) in [6.07, 6.45) is 1.03. The molecule has 4 rings (SSSR count). The van der Waals surface area contributed by atoms with Gasteiger partial charge in [0.15, 0.2) is 0 Å². The molecule has 2 heterocycles. The Labute approximate surface area is 186 Å². The summed E-state index contributed by atoms with van der Waals surface area (Å²) in [6.45, 7) is 0.228. The van der Waals surface area contributed by atoms with Gasteiger partial charge in [-0.2, -0.15) is 0 Å². The molecule has 0 unspecified atom stereocenters. The van der Waals surface area contributed by atoms with Crippen LogP contribution in [-0.4, -0.2) is 67.4 Å². The lowest BCUT2D eigenvalue weighted by molar-refractivity contribution is -0.134. The van der Waals surface area contributed by atoms with E-state index in [4.69, 9.17) is 4.74 Å². The fourth-order valence-electron chi connectivity index (χ4n) is 4.70. The number of hydrogen-bond acceptors (Lipinski definition) is 4. The molecule has 3 amide bonds. The van der Waals surface area contributed by atoms with Gasteiger partial charge in [0, 0.05) is 32.7 Å². The Morgan fingerprint density at radius 1 is 1.22 bits per heavy atom. The third-order valence-corrected chi connectivity index (χ3v) is 6.44. The average molecular weight is 439 g/mol. The van der Waals surface area contributed by atoms with Crippen molar-refractivity contribution in [2.24, 2.45) is 5.92 Å². The van der Waals surface area contributed by atoms with Crippen molar-refractivity contribution in [1.29, 1.82) is 0 Å². The maximum absolute atomic E-state index is 14.3.